The Balaban J connectivity index is 2.39. The fraction of sp³-hybridized carbons (Fsp3) is 0.0667. The van der Waals surface area contributed by atoms with E-state index >= 15 is 0 Å². The van der Waals surface area contributed by atoms with Crippen LogP contribution in [0.4, 0.5) is 0 Å². The molecule has 0 saturated carbocycles. The van der Waals surface area contributed by atoms with Gasteiger partial charge in [-0.25, -0.2) is 4.98 Å². The van der Waals surface area contributed by atoms with Crippen LogP contribution in [0.15, 0.2) is 57.8 Å². The highest BCUT2D eigenvalue weighted by Gasteiger charge is 2.09. The molecule has 94 valence electrons. The van der Waals surface area contributed by atoms with Crippen LogP contribution in [0.1, 0.15) is 5.82 Å². The van der Waals surface area contributed by atoms with Crippen LogP contribution in [-0.4, -0.2) is 9.55 Å². The smallest absolute Gasteiger partial charge is 0.265 e. The lowest BCUT2D eigenvalue weighted by atomic mass is 10.2. The van der Waals surface area contributed by atoms with E-state index in [0.29, 0.717) is 16.7 Å². The number of benzene rings is 2. The van der Waals surface area contributed by atoms with Crippen molar-refractivity contribution in [2.45, 2.75) is 6.92 Å². The first kappa shape index (κ1) is 12.1. The van der Waals surface area contributed by atoms with Crippen LogP contribution < -0.4 is 5.56 Å². The van der Waals surface area contributed by atoms with Crippen molar-refractivity contribution in [3.8, 4) is 5.69 Å². The fourth-order valence-electron chi connectivity index (χ4n) is 2.15. The summed E-state index contributed by atoms with van der Waals surface area (Å²) in [6.07, 6.45) is 0. The van der Waals surface area contributed by atoms with E-state index in [1.165, 1.54) is 0 Å². The Kier molecular flexibility index (Phi) is 2.95. The molecule has 1 aromatic heterocycles. The van der Waals surface area contributed by atoms with E-state index in [4.69, 9.17) is 0 Å². The third-order valence-electron chi connectivity index (χ3n) is 3.01. The molecule has 0 saturated heterocycles. The van der Waals surface area contributed by atoms with Gasteiger partial charge in [-0.1, -0.05) is 34.1 Å². The van der Waals surface area contributed by atoms with Gasteiger partial charge < -0.3 is 0 Å². The predicted octanol–water partition coefficient (Wildman–Crippen LogP) is 3.46. The van der Waals surface area contributed by atoms with Crippen LogP contribution >= 0.6 is 15.9 Å². The molecular formula is C15H11BrN2O. The average Bonchev–Trinajstić information content (AvgIpc) is 2.39. The summed E-state index contributed by atoms with van der Waals surface area (Å²) in [4.78, 5) is 17.1. The summed E-state index contributed by atoms with van der Waals surface area (Å²) >= 11 is 3.40. The summed E-state index contributed by atoms with van der Waals surface area (Å²) in [5.74, 6) is 0.682. The van der Waals surface area contributed by atoms with Crippen LogP contribution in [0.3, 0.4) is 0 Å². The van der Waals surface area contributed by atoms with Crippen molar-refractivity contribution in [2.24, 2.45) is 0 Å². The Labute approximate surface area is 118 Å². The maximum absolute atomic E-state index is 12.6. The molecule has 0 bridgehead atoms. The van der Waals surface area contributed by atoms with Crippen molar-refractivity contribution in [1.82, 2.24) is 9.55 Å². The number of nitrogens with zero attached hydrogens (tertiary/aromatic N) is 2. The van der Waals surface area contributed by atoms with Gasteiger partial charge in [0.05, 0.1) is 16.6 Å². The van der Waals surface area contributed by atoms with E-state index in [2.05, 4.69) is 20.9 Å². The van der Waals surface area contributed by atoms with Crippen molar-refractivity contribution < 1.29 is 0 Å². The Hall–Kier alpha value is -1.94. The first-order chi connectivity index (χ1) is 9.16. The number of aryl methyl sites for hydroxylation is 1. The molecule has 0 N–H and O–H groups in total. The molecule has 0 atom stereocenters. The molecule has 3 aromatic rings. The summed E-state index contributed by atoms with van der Waals surface area (Å²) in [6.45, 7) is 1.84. The number of halogens is 1. The zero-order valence-electron chi connectivity index (χ0n) is 10.3. The van der Waals surface area contributed by atoms with Gasteiger partial charge in [-0.3, -0.25) is 9.36 Å². The molecule has 1 heterocycles. The van der Waals surface area contributed by atoms with Crippen molar-refractivity contribution in [1.29, 1.82) is 0 Å². The maximum atomic E-state index is 12.6. The van der Waals surface area contributed by atoms with Crippen molar-refractivity contribution >= 4 is 26.8 Å². The van der Waals surface area contributed by atoms with Gasteiger partial charge in [0.2, 0.25) is 0 Å². The molecule has 0 aliphatic carbocycles. The highest BCUT2D eigenvalue weighted by atomic mass is 79.9. The van der Waals surface area contributed by atoms with Crippen molar-refractivity contribution in [2.75, 3.05) is 0 Å². The monoisotopic (exact) mass is 314 g/mol. The number of para-hydroxylation sites is 1. The highest BCUT2D eigenvalue weighted by Crippen LogP contribution is 2.17. The predicted molar refractivity (Wildman–Crippen MR) is 79.8 cm³/mol. The van der Waals surface area contributed by atoms with Crippen LogP contribution in [0.2, 0.25) is 0 Å². The van der Waals surface area contributed by atoms with Crippen LogP contribution in [0.5, 0.6) is 0 Å². The third-order valence-corrected chi connectivity index (χ3v) is 3.51. The van der Waals surface area contributed by atoms with E-state index in [0.717, 1.165) is 10.2 Å². The van der Waals surface area contributed by atoms with E-state index in [9.17, 15) is 4.79 Å². The molecule has 0 fully saturated rings. The first-order valence-electron chi connectivity index (χ1n) is 5.91. The standard InChI is InChI=1S/C15H11BrN2O/c1-10-17-14-9-11(16)7-8-13(14)15(19)18(10)12-5-3-2-4-6-12/h2-9H,1H3. The van der Waals surface area contributed by atoms with E-state index in [1.807, 2.05) is 49.4 Å². The Morgan fingerprint density at radius 1 is 1.11 bits per heavy atom. The fourth-order valence-corrected chi connectivity index (χ4v) is 2.50. The molecule has 4 heteroatoms. The van der Waals surface area contributed by atoms with Gasteiger partial charge in [0, 0.05) is 4.47 Å². The van der Waals surface area contributed by atoms with E-state index in [-0.39, 0.29) is 5.56 Å². The number of hydrogen-bond donors (Lipinski definition) is 0. The average molecular weight is 315 g/mol. The minimum Gasteiger partial charge on any atom is -0.268 e. The molecule has 19 heavy (non-hydrogen) atoms. The molecule has 0 spiro atoms. The molecular weight excluding hydrogens is 304 g/mol. The number of hydrogen-bond acceptors (Lipinski definition) is 2. The van der Waals surface area contributed by atoms with Gasteiger partial charge in [-0.15, -0.1) is 0 Å². The summed E-state index contributed by atoms with van der Waals surface area (Å²) in [5, 5.41) is 0.623. The van der Waals surface area contributed by atoms with E-state index in [1.54, 1.807) is 10.6 Å². The molecule has 0 unspecified atom stereocenters. The topological polar surface area (TPSA) is 34.9 Å². The molecule has 0 aliphatic rings. The van der Waals surface area contributed by atoms with Crippen LogP contribution in [0, 0.1) is 6.92 Å². The lowest BCUT2D eigenvalue weighted by Gasteiger charge is -2.10. The molecule has 0 aliphatic heterocycles. The number of fused-ring (bicyclic) bond motifs is 1. The minimum absolute atomic E-state index is 0.0406. The Morgan fingerprint density at radius 3 is 2.58 bits per heavy atom. The van der Waals surface area contributed by atoms with Gasteiger partial charge in [0.15, 0.2) is 0 Å². The second-order valence-corrected chi connectivity index (χ2v) is 5.21. The number of aromatic nitrogens is 2. The number of rotatable bonds is 1. The van der Waals surface area contributed by atoms with Crippen LogP contribution in [-0.2, 0) is 0 Å². The molecule has 0 radical (unpaired) electrons. The minimum atomic E-state index is -0.0406. The molecule has 2 aromatic carbocycles. The van der Waals surface area contributed by atoms with Crippen LogP contribution in [0.25, 0.3) is 16.6 Å². The normalized spacial score (nSPS) is 10.8. The van der Waals surface area contributed by atoms with Crippen molar-refractivity contribution in [3.63, 3.8) is 0 Å². The summed E-state index contributed by atoms with van der Waals surface area (Å²) in [6, 6.07) is 15.1. The summed E-state index contributed by atoms with van der Waals surface area (Å²) in [5.41, 5.74) is 1.51. The SMILES string of the molecule is Cc1nc2cc(Br)ccc2c(=O)n1-c1ccccc1. The molecule has 3 rings (SSSR count). The van der Waals surface area contributed by atoms with Gasteiger partial charge in [-0.2, -0.15) is 0 Å². The zero-order chi connectivity index (χ0) is 13.4. The summed E-state index contributed by atoms with van der Waals surface area (Å²) in [7, 11) is 0. The lowest BCUT2D eigenvalue weighted by molar-refractivity contribution is 0.895. The van der Waals surface area contributed by atoms with Gasteiger partial charge in [-0.05, 0) is 37.3 Å². The Bertz CT molecular complexity index is 809. The highest BCUT2D eigenvalue weighted by molar-refractivity contribution is 9.10. The van der Waals surface area contributed by atoms with Crippen molar-refractivity contribution in [3.05, 3.63) is 69.2 Å². The largest absolute Gasteiger partial charge is 0.268 e. The van der Waals surface area contributed by atoms with Gasteiger partial charge in [0.1, 0.15) is 5.82 Å². The maximum Gasteiger partial charge on any atom is 0.265 e. The quantitative estimate of drug-likeness (QED) is 0.689. The molecule has 3 nitrogen and oxygen atoms in total. The zero-order valence-corrected chi connectivity index (χ0v) is 11.9. The second kappa shape index (κ2) is 4.63. The first-order valence-corrected chi connectivity index (χ1v) is 6.70. The lowest BCUT2D eigenvalue weighted by Crippen LogP contribution is -2.22. The van der Waals surface area contributed by atoms with Gasteiger partial charge >= 0.3 is 0 Å². The van der Waals surface area contributed by atoms with Gasteiger partial charge in [0.25, 0.3) is 5.56 Å². The Morgan fingerprint density at radius 2 is 1.84 bits per heavy atom. The van der Waals surface area contributed by atoms with E-state index < -0.39 is 0 Å². The molecule has 0 amide bonds. The third kappa shape index (κ3) is 2.08. The second-order valence-electron chi connectivity index (χ2n) is 4.30. The summed E-state index contributed by atoms with van der Waals surface area (Å²) < 4.78 is 2.56.